The van der Waals surface area contributed by atoms with Crippen LogP contribution < -0.4 is 5.32 Å². The quantitative estimate of drug-likeness (QED) is 0.507. The molecule has 0 aromatic rings. The Morgan fingerprint density at radius 1 is 1.73 bits per heavy atom. The molecule has 1 atom stereocenters. The molecule has 0 spiro atoms. The lowest BCUT2D eigenvalue weighted by Crippen LogP contribution is -2.50. The van der Waals surface area contributed by atoms with E-state index in [1.807, 2.05) is 0 Å². The fourth-order valence-electron chi connectivity index (χ4n) is 0.929. The van der Waals surface area contributed by atoms with Gasteiger partial charge in [-0.3, -0.25) is 4.79 Å². The smallest absolute Gasteiger partial charge is 0.326 e. The highest BCUT2D eigenvalue weighted by atomic mass is 16.5. The Morgan fingerprint density at radius 2 is 2.36 bits per heavy atom. The molecular formula is C6H9NO4. The van der Waals surface area contributed by atoms with E-state index in [-0.39, 0.29) is 5.92 Å². The summed E-state index contributed by atoms with van der Waals surface area (Å²) in [5.41, 5.74) is 0. The van der Waals surface area contributed by atoms with Crippen molar-refractivity contribution in [1.82, 2.24) is 5.32 Å². The number of ether oxygens (including phenoxy) is 1. The molecule has 11 heavy (non-hydrogen) atoms. The molecule has 0 aromatic carbocycles. The molecule has 62 valence electrons. The van der Waals surface area contributed by atoms with Gasteiger partial charge in [-0.2, -0.15) is 0 Å². The van der Waals surface area contributed by atoms with Gasteiger partial charge in [0.25, 0.3) is 0 Å². The monoisotopic (exact) mass is 159 g/mol. The fourth-order valence-corrected chi connectivity index (χ4v) is 0.929. The highest BCUT2D eigenvalue weighted by Crippen LogP contribution is 2.14. The van der Waals surface area contributed by atoms with Gasteiger partial charge in [0, 0.05) is 5.92 Å². The lowest BCUT2D eigenvalue weighted by atomic mass is 9.98. The van der Waals surface area contributed by atoms with Gasteiger partial charge in [0.05, 0.1) is 13.2 Å². The molecule has 5 nitrogen and oxygen atoms in total. The minimum Gasteiger partial charge on any atom is -0.480 e. The first-order chi connectivity index (χ1) is 5.25. The molecule has 1 saturated heterocycles. The first-order valence-electron chi connectivity index (χ1n) is 3.26. The topological polar surface area (TPSA) is 75.6 Å². The predicted octanol–water partition coefficient (Wildman–Crippen LogP) is -1.17. The zero-order valence-electron chi connectivity index (χ0n) is 5.82. The maximum Gasteiger partial charge on any atom is 0.326 e. The molecule has 1 aliphatic rings. The zero-order valence-corrected chi connectivity index (χ0v) is 5.82. The van der Waals surface area contributed by atoms with E-state index in [2.05, 4.69) is 5.32 Å². The van der Waals surface area contributed by atoms with Crippen molar-refractivity contribution < 1.29 is 19.4 Å². The van der Waals surface area contributed by atoms with Gasteiger partial charge in [-0.05, 0) is 0 Å². The second kappa shape index (κ2) is 3.34. The van der Waals surface area contributed by atoms with Crippen LogP contribution in [0.3, 0.4) is 0 Å². The predicted molar refractivity (Wildman–Crippen MR) is 34.9 cm³/mol. The van der Waals surface area contributed by atoms with Crippen LogP contribution in [-0.2, 0) is 14.3 Å². The normalized spacial score (nSPS) is 20.0. The van der Waals surface area contributed by atoms with Crippen molar-refractivity contribution in [2.24, 2.45) is 5.92 Å². The van der Waals surface area contributed by atoms with Gasteiger partial charge in [-0.15, -0.1) is 0 Å². The van der Waals surface area contributed by atoms with Crippen LogP contribution in [-0.4, -0.2) is 36.7 Å². The van der Waals surface area contributed by atoms with Crippen molar-refractivity contribution in [2.75, 3.05) is 13.2 Å². The average molecular weight is 159 g/mol. The molecule has 1 aliphatic heterocycles. The molecule has 1 unspecified atom stereocenters. The lowest BCUT2D eigenvalue weighted by molar-refractivity contribution is -0.148. The number of carboxylic acids is 1. The van der Waals surface area contributed by atoms with E-state index in [1.54, 1.807) is 0 Å². The van der Waals surface area contributed by atoms with Crippen molar-refractivity contribution >= 4 is 12.4 Å². The SMILES string of the molecule is O=CNC(C(=O)O)C1COC1. The van der Waals surface area contributed by atoms with E-state index in [1.165, 1.54) is 0 Å². The number of carbonyl (C=O) groups excluding carboxylic acids is 1. The van der Waals surface area contributed by atoms with Crippen LogP contribution in [0, 0.1) is 5.92 Å². The summed E-state index contributed by atoms with van der Waals surface area (Å²) in [4.78, 5) is 20.4. The molecule has 0 aromatic heterocycles. The summed E-state index contributed by atoms with van der Waals surface area (Å²) >= 11 is 0. The summed E-state index contributed by atoms with van der Waals surface area (Å²) < 4.78 is 4.79. The van der Waals surface area contributed by atoms with Gasteiger partial charge >= 0.3 is 5.97 Å². The summed E-state index contributed by atoms with van der Waals surface area (Å²) in [6.45, 7) is 0.829. The Bertz CT molecular complexity index is 166. The molecule has 1 heterocycles. The van der Waals surface area contributed by atoms with Gasteiger partial charge in [0.2, 0.25) is 6.41 Å². The number of hydrogen-bond acceptors (Lipinski definition) is 3. The Balaban J connectivity index is 2.43. The molecule has 1 amide bonds. The van der Waals surface area contributed by atoms with E-state index in [0.717, 1.165) is 0 Å². The van der Waals surface area contributed by atoms with E-state index in [4.69, 9.17) is 9.84 Å². The second-order valence-electron chi connectivity index (χ2n) is 2.40. The third-order valence-electron chi connectivity index (χ3n) is 1.65. The van der Waals surface area contributed by atoms with E-state index in [9.17, 15) is 9.59 Å². The van der Waals surface area contributed by atoms with Gasteiger partial charge < -0.3 is 15.2 Å². The Hall–Kier alpha value is -1.10. The highest BCUT2D eigenvalue weighted by Gasteiger charge is 2.33. The number of aliphatic carboxylic acids is 1. The van der Waals surface area contributed by atoms with Crippen LogP contribution in [0.2, 0.25) is 0 Å². The first kappa shape index (κ1) is 8.00. The molecule has 0 aliphatic carbocycles. The number of amides is 1. The summed E-state index contributed by atoms with van der Waals surface area (Å²) in [5, 5.41) is 10.8. The van der Waals surface area contributed by atoms with Gasteiger partial charge in [-0.1, -0.05) is 0 Å². The molecule has 5 heteroatoms. The molecule has 0 bridgehead atoms. The average Bonchev–Trinajstić information content (AvgIpc) is 1.82. The number of rotatable bonds is 4. The largest absolute Gasteiger partial charge is 0.480 e. The van der Waals surface area contributed by atoms with E-state index in [0.29, 0.717) is 19.6 Å². The Morgan fingerprint density at radius 3 is 2.64 bits per heavy atom. The molecule has 0 radical (unpaired) electrons. The second-order valence-corrected chi connectivity index (χ2v) is 2.40. The maximum atomic E-state index is 10.4. The van der Waals surface area contributed by atoms with Crippen molar-refractivity contribution in [3.63, 3.8) is 0 Å². The zero-order chi connectivity index (χ0) is 8.27. The van der Waals surface area contributed by atoms with Crippen LogP contribution in [0.25, 0.3) is 0 Å². The number of nitrogens with one attached hydrogen (secondary N) is 1. The lowest BCUT2D eigenvalue weighted by Gasteiger charge is -2.30. The molecule has 1 rings (SSSR count). The summed E-state index contributed by atoms with van der Waals surface area (Å²) in [6, 6.07) is -0.791. The van der Waals surface area contributed by atoms with Crippen molar-refractivity contribution in [1.29, 1.82) is 0 Å². The van der Waals surface area contributed by atoms with Crippen molar-refractivity contribution in [3.05, 3.63) is 0 Å². The third-order valence-corrected chi connectivity index (χ3v) is 1.65. The molecular weight excluding hydrogens is 150 g/mol. The minimum atomic E-state index is -1.01. The van der Waals surface area contributed by atoms with E-state index < -0.39 is 12.0 Å². The number of hydrogen-bond donors (Lipinski definition) is 2. The standard InChI is InChI=1S/C6H9NO4/c8-3-7-5(6(9)10)4-1-11-2-4/h3-5H,1-2H2,(H,7,8)(H,9,10). The number of carboxylic acid groups (broad SMARTS) is 1. The third kappa shape index (κ3) is 1.68. The van der Waals surface area contributed by atoms with Gasteiger partial charge in [0.1, 0.15) is 6.04 Å². The maximum absolute atomic E-state index is 10.4. The van der Waals surface area contributed by atoms with Crippen LogP contribution in [0.5, 0.6) is 0 Å². The summed E-state index contributed by atoms with van der Waals surface area (Å²) in [5.74, 6) is -1.08. The Labute approximate surface area is 63.3 Å². The van der Waals surface area contributed by atoms with Crippen molar-refractivity contribution in [3.8, 4) is 0 Å². The van der Waals surface area contributed by atoms with Crippen LogP contribution in [0.15, 0.2) is 0 Å². The fraction of sp³-hybridized carbons (Fsp3) is 0.667. The Kier molecular flexibility index (Phi) is 2.43. The highest BCUT2D eigenvalue weighted by molar-refractivity contribution is 5.76. The van der Waals surface area contributed by atoms with Crippen molar-refractivity contribution in [2.45, 2.75) is 6.04 Å². The van der Waals surface area contributed by atoms with Crippen LogP contribution in [0.1, 0.15) is 0 Å². The summed E-state index contributed by atoms with van der Waals surface area (Å²) in [7, 11) is 0. The van der Waals surface area contributed by atoms with Crippen LogP contribution >= 0.6 is 0 Å². The van der Waals surface area contributed by atoms with Gasteiger partial charge in [0.15, 0.2) is 0 Å². The summed E-state index contributed by atoms with van der Waals surface area (Å²) in [6.07, 6.45) is 0.400. The van der Waals surface area contributed by atoms with E-state index >= 15 is 0 Å². The molecule has 2 N–H and O–H groups in total. The van der Waals surface area contributed by atoms with Crippen LogP contribution in [0.4, 0.5) is 0 Å². The minimum absolute atomic E-state index is 0.0716. The molecule has 0 saturated carbocycles. The molecule has 1 fully saturated rings. The van der Waals surface area contributed by atoms with Gasteiger partial charge in [-0.25, -0.2) is 4.79 Å². The number of carbonyl (C=O) groups is 2. The first-order valence-corrected chi connectivity index (χ1v) is 3.26.